The highest BCUT2D eigenvalue weighted by molar-refractivity contribution is 4.81. The second kappa shape index (κ2) is 3.71. The molecule has 0 aliphatic carbocycles. The van der Waals surface area contributed by atoms with Crippen molar-refractivity contribution in [3.63, 3.8) is 0 Å². The minimum absolute atomic E-state index is 0.0946. The predicted molar refractivity (Wildman–Crippen MR) is 37.7 cm³/mol. The first kappa shape index (κ1) is 9.94. The zero-order chi connectivity index (χ0) is 9.90. The van der Waals surface area contributed by atoms with Crippen LogP contribution in [0.3, 0.4) is 0 Å². The van der Waals surface area contributed by atoms with Gasteiger partial charge in [-0.3, -0.25) is 0 Å². The maximum absolute atomic E-state index is 12.1. The predicted octanol–water partition coefficient (Wildman–Crippen LogP) is 1.49. The molecule has 0 aliphatic rings. The van der Waals surface area contributed by atoms with Crippen LogP contribution < -0.4 is 0 Å². The summed E-state index contributed by atoms with van der Waals surface area (Å²) in [6, 6.07) is 0. The first-order valence-electron chi connectivity index (χ1n) is 3.90. The van der Waals surface area contributed by atoms with Gasteiger partial charge < -0.3 is 0 Å². The smallest absolute Gasteiger partial charge is 0.149 e. The number of aryl methyl sites for hydroxylation is 1. The second-order valence-corrected chi connectivity index (χ2v) is 2.58. The van der Waals surface area contributed by atoms with E-state index in [1.54, 1.807) is 0 Å². The summed E-state index contributed by atoms with van der Waals surface area (Å²) < 4.78 is 36.3. The number of unbranched alkanes of at least 4 members (excludes halogenated alkanes) is 1. The molecule has 0 fully saturated rings. The molecule has 0 saturated heterocycles. The molecule has 1 rings (SSSR count). The van der Waals surface area contributed by atoms with Gasteiger partial charge in [0.2, 0.25) is 0 Å². The van der Waals surface area contributed by atoms with Crippen LogP contribution in [-0.2, 0) is 12.7 Å². The van der Waals surface area contributed by atoms with Crippen LogP contribution in [0.2, 0.25) is 0 Å². The molecule has 0 aromatic carbocycles. The standard InChI is InChI=1S/C6H9F3N4/c1-2-3-4-5-10-11-12-13(5)6(7,8)9/h2-4H2,1H3. The van der Waals surface area contributed by atoms with E-state index in [9.17, 15) is 13.2 Å². The van der Waals surface area contributed by atoms with Crippen LogP contribution in [0.5, 0.6) is 0 Å². The van der Waals surface area contributed by atoms with Gasteiger partial charge >= 0.3 is 6.30 Å². The van der Waals surface area contributed by atoms with Crippen LogP contribution in [0.25, 0.3) is 0 Å². The number of aromatic nitrogens is 4. The Morgan fingerprint density at radius 1 is 1.38 bits per heavy atom. The molecular formula is C6H9F3N4. The van der Waals surface area contributed by atoms with Crippen LogP contribution in [0.4, 0.5) is 13.2 Å². The maximum Gasteiger partial charge on any atom is 0.507 e. The fraction of sp³-hybridized carbons (Fsp3) is 0.833. The van der Waals surface area contributed by atoms with E-state index in [-0.39, 0.29) is 16.9 Å². The van der Waals surface area contributed by atoms with Gasteiger partial charge in [0.25, 0.3) is 0 Å². The van der Waals surface area contributed by atoms with Gasteiger partial charge in [-0.15, -0.1) is 23.0 Å². The van der Waals surface area contributed by atoms with Gasteiger partial charge in [0.1, 0.15) is 0 Å². The molecule has 1 aromatic rings. The van der Waals surface area contributed by atoms with Gasteiger partial charge in [-0.2, -0.15) is 0 Å². The van der Waals surface area contributed by atoms with Gasteiger partial charge in [-0.1, -0.05) is 13.3 Å². The highest BCUT2D eigenvalue weighted by Crippen LogP contribution is 2.21. The minimum atomic E-state index is -4.51. The number of halogens is 3. The van der Waals surface area contributed by atoms with Crippen LogP contribution in [0, 0.1) is 0 Å². The molecule has 0 spiro atoms. The Balaban J connectivity index is 2.77. The van der Waals surface area contributed by atoms with E-state index in [0.717, 1.165) is 6.42 Å². The molecule has 0 aliphatic heterocycles. The zero-order valence-electron chi connectivity index (χ0n) is 7.04. The Labute approximate surface area is 72.7 Å². The normalized spacial score (nSPS) is 12.0. The van der Waals surface area contributed by atoms with E-state index < -0.39 is 6.30 Å². The Kier molecular flexibility index (Phi) is 2.84. The monoisotopic (exact) mass is 194 g/mol. The van der Waals surface area contributed by atoms with Crippen molar-refractivity contribution in [2.75, 3.05) is 0 Å². The van der Waals surface area contributed by atoms with Crippen LogP contribution in [-0.4, -0.2) is 20.2 Å². The highest BCUT2D eigenvalue weighted by Gasteiger charge is 2.35. The first-order chi connectivity index (χ1) is 6.05. The van der Waals surface area contributed by atoms with E-state index in [1.807, 2.05) is 6.92 Å². The number of alkyl halides is 3. The van der Waals surface area contributed by atoms with E-state index in [0.29, 0.717) is 6.42 Å². The molecule has 0 unspecified atom stereocenters. The lowest BCUT2D eigenvalue weighted by atomic mass is 10.2. The second-order valence-electron chi connectivity index (χ2n) is 2.58. The number of hydrogen-bond acceptors (Lipinski definition) is 3. The van der Waals surface area contributed by atoms with Gasteiger partial charge in [-0.25, -0.2) is 0 Å². The third kappa shape index (κ3) is 2.40. The van der Waals surface area contributed by atoms with Crippen molar-refractivity contribution < 1.29 is 13.2 Å². The summed E-state index contributed by atoms with van der Waals surface area (Å²) in [5, 5.41) is 9.16. The molecule has 13 heavy (non-hydrogen) atoms. The van der Waals surface area contributed by atoms with Gasteiger partial charge in [0.05, 0.1) is 0 Å². The largest absolute Gasteiger partial charge is 0.507 e. The van der Waals surface area contributed by atoms with Crippen molar-refractivity contribution in [3.05, 3.63) is 5.82 Å². The summed E-state index contributed by atoms with van der Waals surface area (Å²) in [5.41, 5.74) is 0. The Morgan fingerprint density at radius 2 is 2.08 bits per heavy atom. The molecule has 1 aromatic heterocycles. The number of nitrogens with zero attached hydrogens (tertiary/aromatic N) is 4. The average Bonchev–Trinajstić information content (AvgIpc) is 2.47. The molecule has 0 amide bonds. The number of tetrazole rings is 1. The molecule has 7 heteroatoms. The summed E-state index contributed by atoms with van der Waals surface area (Å²) in [5.74, 6) is -0.130. The van der Waals surface area contributed by atoms with Crippen molar-refractivity contribution in [1.29, 1.82) is 0 Å². The van der Waals surface area contributed by atoms with E-state index >= 15 is 0 Å². The maximum atomic E-state index is 12.1. The lowest BCUT2D eigenvalue weighted by Gasteiger charge is -2.06. The fourth-order valence-corrected chi connectivity index (χ4v) is 0.893. The van der Waals surface area contributed by atoms with Crippen LogP contribution in [0.1, 0.15) is 25.6 Å². The van der Waals surface area contributed by atoms with E-state index in [4.69, 9.17) is 0 Å². The zero-order valence-corrected chi connectivity index (χ0v) is 7.04. The topological polar surface area (TPSA) is 43.6 Å². The summed E-state index contributed by atoms with van der Waals surface area (Å²) in [4.78, 5) is 0. The minimum Gasteiger partial charge on any atom is -0.149 e. The number of hydrogen-bond donors (Lipinski definition) is 0. The van der Waals surface area contributed by atoms with Crippen LogP contribution in [0.15, 0.2) is 0 Å². The molecule has 4 nitrogen and oxygen atoms in total. The SMILES string of the molecule is CCCCc1nnnn1C(F)(F)F. The van der Waals surface area contributed by atoms with Gasteiger partial charge in [0.15, 0.2) is 5.82 Å². The van der Waals surface area contributed by atoms with Gasteiger partial charge in [-0.05, 0) is 16.8 Å². The average molecular weight is 194 g/mol. The van der Waals surface area contributed by atoms with Crippen molar-refractivity contribution in [3.8, 4) is 0 Å². The van der Waals surface area contributed by atoms with Crippen LogP contribution >= 0.6 is 0 Å². The van der Waals surface area contributed by atoms with Crippen molar-refractivity contribution in [1.82, 2.24) is 20.2 Å². The third-order valence-electron chi connectivity index (χ3n) is 1.53. The molecule has 0 radical (unpaired) electrons. The molecule has 0 saturated carbocycles. The first-order valence-corrected chi connectivity index (χ1v) is 3.90. The summed E-state index contributed by atoms with van der Waals surface area (Å²) in [6.45, 7) is 1.89. The van der Waals surface area contributed by atoms with Crippen molar-refractivity contribution >= 4 is 0 Å². The molecule has 0 N–H and O–H groups in total. The Morgan fingerprint density at radius 3 is 2.62 bits per heavy atom. The molecule has 1 heterocycles. The molecule has 0 atom stereocenters. The Hall–Kier alpha value is -1.14. The lowest BCUT2D eigenvalue weighted by molar-refractivity contribution is -0.214. The summed E-state index contributed by atoms with van der Waals surface area (Å²) in [7, 11) is 0. The van der Waals surface area contributed by atoms with E-state index in [1.165, 1.54) is 0 Å². The fourth-order valence-electron chi connectivity index (χ4n) is 0.893. The van der Waals surface area contributed by atoms with E-state index in [2.05, 4.69) is 15.5 Å². The number of rotatable bonds is 3. The highest BCUT2D eigenvalue weighted by atomic mass is 19.4. The molecule has 0 bridgehead atoms. The summed E-state index contributed by atoms with van der Waals surface area (Å²) in [6.07, 6.45) is -2.79. The Bertz CT molecular complexity index is 267. The lowest BCUT2D eigenvalue weighted by Crippen LogP contribution is -2.21. The van der Waals surface area contributed by atoms with Crippen molar-refractivity contribution in [2.45, 2.75) is 32.5 Å². The van der Waals surface area contributed by atoms with Gasteiger partial charge in [0, 0.05) is 6.42 Å². The van der Waals surface area contributed by atoms with Crippen molar-refractivity contribution in [2.24, 2.45) is 0 Å². The molecule has 74 valence electrons. The third-order valence-corrected chi connectivity index (χ3v) is 1.53. The quantitative estimate of drug-likeness (QED) is 0.732. The summed E-state index contributed by atoms with van der Waals surface area (Å²) >= 11 is 0. The molecular weight excluding hydrogens is 185 g/mol.